The third-order valence-corrected chi connectivity index (χ3v) is 7.71. The fraction of sp³-hybridized carbons (Fsp3) is 0.640. The Balaban J connectivity index is 1.66. The van der Waals surface area contributed by atoms with Gasteiger partial charge in [-0.05, 0) is 63.7 Å². The largest absolute Gasteiger partial charge is 0.461 e. The number of fused-ring (bicyclic) bond motifs is 1. The molecular weight excluding hydrogens is 569 g/mol. The van der Waals surface area contributed by atoms with E-state index in [1.54, 1.807) is 11.0 Å². The SMILES string of the molecule is C[C@@H]1CN(c2nc(OC[C@H]3CN(C)CCO3)nc3c(F)c(Br)c(Cl)cc23)[C@@H](C)CN1C(=O)OC(C)(C)C. The van der Waals surface area contributed by atoms with Gasteiger partial charge >= 0.3 is 12.1 Å². The predicted molar refractivity (Wildman–Crippen MR) is 144 cm³/mol. The molecule has 1 aromatic heterocycles. The van der Waals surface area contributed by atoms with Gasteiger partial charge < -0.3 is 28.9 Å². The molecule has 1 amide bonds. The smallest absolute Gasteiger partial charge is 0.410 e. The van der Waals surface area contributed by atoms with Crippen LogP contribution in [0.4, 0.5) is 15.0 Å². The van der Waals surface area contributed by atoms with Crippen molar-refractivity contribution in [1.82, 2.24) is 19.8 Å². The highest BCUT2D eigenvalue weighted by Gasteiger charge is 2.36. The van der Waals surface area contributed by atoms with Crippen molar-refractivity contribution in [3.63, 3.8) is 0 Å². The molecule has 0 bridgehead atoms. The zero-order valence-corrected chi connectivity index (χ0v) is 24.4. The molecule has 2 saturated heterocycles. The molecule has 9 nitrogen and oxygen atoms in total. The monoisotopic (exact) mass is 601 g/mol. The number of carbonyl (C=O) groups excluding carboxylic acids is 1. The van der Waals surface area contributed by atoms with Crippen LogP contribution in [0.15, 0.2) is 10.5 Å². The van der Waals surface area contributed by atoms with Gasteiger partial charge in [-0.1, -0.05) is 11.6 Å². The maximum atomic E-state index is 15.3. The molecule has 0 spiro atoms. The number of ether oxygens (including phenoxy) is 3. The Hall–Kier alpha value is -1.95. The average molecular weight is 603 g/mol. The van der Waals surface area contributed by atoms with E-state index in [1.165, 1.54) is 0 Å². The van der Waals surface area contributed by atoms with Crippen LogP contribution in [0.5, 0.6) is 6.01 Å². The molecule has 0 N–H and O–H groups in total. The second kappa shape index (κ2) is 11.0. The molecule has 2 aliphatic rings. The van der Waals surface area contributed by atoms with Gasteiger partial charge in [0.2, 0.25) is 0 Å². The summed E-state index contributed by atoms with van der Waals surface area (Å²) in [5.41, 5.74) is -0.488. The summed E-state index contributed by atoms with van der Waals surface area (Å²) in [5, 5.41) is 0.687. The standard InChI is InChI=1S/C25H34BrClFN5O4/c1-14-11-33(24(34)37-25(3,4)5)15(2)10-32(14)22-17-9-18(27)19(26)20(28)21(17)29-23(30-22)36-13-16-12-31(6)7-8-35-16/h9,14-16H,7-8,10-13H2,1-6H3/t14-,15+,16+/m0/s1. The maximum Gasteiger partial charge on any atom is 0.410 e. The molecule has 0 radical (unpaired) electrons. The summed E-state index contributed by atoms with van der Waals surface area (Å²) in [4.78, 5) is 27.8. The van der Waals surface area contributed by atoms with Crippen LogP contribution in [0.25, 0.3) is 10.9 Å². The molecule has 2 aliphatic heterocycles. The number of likely N-dealkylation sites (N-methyl/N-ethyl adjacent to an activating group) is 1. The van der Waals surface area contributed by atoms with E-state index in [0.29, 0.717) is 30.9 Å². The molecule has 2 fully saturated rings. The van der Waals surface area contributed by atoms with Gasteiger partial charge in [0.15, 0.2) is 5.82 Å². The Kier molecular flexibility index (Phi) is 8.37. The summed E-state index contributed by atoms with van der Waals surface area (Å²) in [6, 6.07) is 1.39. The first kappa shape index (κ1) is 28.1. The summed E-state index contributed by atoms with van der Waals surface area (Å²) in [6.45, 7) is 12.8. The van der Waals surface area contributed by atoms with Gasteiger partial charge in [0.1, 0.15) is 29.6 Å². The molecule has 0 aliphatic carbocycles. The van der Waals surface area contributed by atoms with Crippen molar-refractivity contribution in [2.45, 2.75) is 58.4 Å². The second-order valence-corrected chi connectivity index (χ2v) is 12.0. The van der Waals surface area contributed by atoms with E-state index < -0.39 is 11.4 Å². The molecule has 0 saturated carbocycles. The molecule has 3 atom stereocenters. The summed E-state index contributed by atoms with van der Waals surface area (Å²) >= 11 is 9.55. The average Bonchev–Trinajstić information content (AvgIpc) is 2.81. The van der Waals surface area contributed by atoms with Crippen molar-refractivity contribution in [2.75, 3.05) is 51.3 Å². The van der Waals surface area contributed by atoms with E-state index >= 15 is 4.39 Å². The highest BCUT2D eigenvalue weighted by atomic mass is 79.9. The van der Waals surface area contributed by atoms with Gasteiger partial charge in [-0.3, -0.25) is 0 Å². The number of amides is 1. The second-order valence-electron chi connectivity index (χ2n) is 10.8. The number of morpholine rings is 1. The Morgan fingerprint density at radius 1 is 1.24 bits per heavy atom. The van der Waals surface area contributed by atoms with E-state index in [1.807, 2.05) is 46.6 Å². The Labute approximate surface area is 230 Å². The van der Waals surface area contributed by atoms with Gasteiger partial charge in [0.25, 0.3) is 0 Å². The van der Waals surface area contributed by atoms with Crippen LogP contribution in [0.1, 0.15) is 34.6 Å². The number of hydrogen-bond acceptors (Lipinski definition) is 8. The fourth-order valence-corrected chi connectivity index (χ4v) is 5.05. The van der Waals surface area contributed by atoms with Crippen molar-refractivity contribution < 1.29 is 23.4 Å². The number of piperazine rings is 1. The number of anilines is 1. The lowest BCUT2D eigenvalue weighted by atomic mass is 10.1. The first-order chi connectivity index (χ1) is 17.3. The summed E-state index contributed by atoms with van der Waals surface area (Å²) in [6.07, 6.45) is -0.502. The predicted octanol–water partition coefficient (Wildman–Crippen LogP) is 4.73. The quantitative estimate of drug-likeness (QED) is 0.465. The lowest BCUT2D eigenvalue weighted by Crippen LogP contribution is -2.59. The van der Waals surface area contributed by atoms with Crippen molar-refractivity contribution >= 4 is 50.3 Å². The number of benzene rings is 1. The molecule has 12 heteroatoms. The van der Waals surface area contributed by atoms with Crippen LogP contribution in [0.3, 0.4) is 0 Å². The van der Waals surface area contributed by atoms with Gasteiger partial charge in [-0.15, -0.1) is 0 Å². The molecule has 1 aromatic carbocycles. The van der Waals surface area contributed by atoms with Crippen LogP contribution in [-0.2, 0) is 9.47 Å². The fourth-order valence-electron chi connectivity index (χ4n) is 4.55. The molecular formula is C25H34BrClFN5O4. The van der Waals surface area contributed by atoms with E-state index in [0.717, 1.165) is 13.1 Å². The molecule has 0 unspecified atom stereocenters. The van der Waals surface area contributed by atoms with Crippen LogP contribution in [-0.4, -0.2) is 96.1 Å². The van der Waals surface area contributed by atoms with Crippen molar-refractivity contribution in [2.24, 2.45) is 0 Å². The van der Waals surface area contributed by atoms with Crippen molar-refractivity contribution in [3.8, 4) is 6.01 Å². The van der Waals surface area contributed by atoms with Gasteiger partial charge in [0.05, 0.1) is 16.1 Å². The third kappa shape index (κ3) is 6.38. The molecule has 37 heavy (non-hydrogen) atoms. The van der Waals surface area contributed by atoms with E-state index in [2.05, 4.69) is 25.8 Å². The Bertz CT molecular complexity index is 1170. The summed E-state index contributed by atoms with van der Waals surface area (Å²) < 4.78 is 32.8. The van der Waals surface area contributed by atoms with Crippen molar-refractivity contribution in [1.29, 1.82) is 0 Å². The first-order valence-corrected chi connectivity index (χ1v) is 13.6. The minimum Gasteiger partial charge on any atom is -0.461 e. The Morgan fingerprint density at radius 3 is 2.65 bits per heavy atom. The van der Waals surface area contributed by atoms with Gasteiger partial charge in [-0.25, -0.2) is 9.18 Å². The minimum absolute atomic E-state index is 0.0573. The van der Waals surface area contributed by atoms with Gasteiger partial charge in [0, 0.05) is 43.6 Å². The molecule has 4 rings (SSSR count). The number of aromatic nitrogens is 2. The maximum absolute atomic E-state index is 15.3. The highest BCUT2D eigenvalue weighted by Crippen LogP contribution is 2.37. The number of carbonyl (C=O) groups is 1. The van der Waals surface area contributed by atoms with Crippen LogP contribution in [0, 0.1) is 5.82 Å². The summed E-state index contributed by atoms with van der Waals surface area (Å²) in [5.74, 6) is -0.0871. The Morgan fingerprint density at radius 2 is 1.97 bits per heavy atom. The normalized spacial score (nSPS) is 23.4. The number of hydrogen-bond donors (Lipinski definition) is 0. The van der Waals surface area contributed by atoms with Crippen LogP contribution in [0.2, 0.25) is 5.02 Å². The van der Waals surface area contributed by atoms with Gasteiger partial charge in [-0.2, -0.15) is 9.97 Å². The van der Waals surface area contributed by atoms with Crippen LogP contribution < -0.4 is 9.64 Å². The van der Waals surface area contributed by atoms with E-state index in [-0.39, 0.29) is 51.9 Å². The highest BCUT2D eigenvalue weighted by molar-refractivity contribution is 9.10. The first-order valence-electron chi connectivity index (χ1n) is 12.4. The van der Waals surface area contributed by atoms with Crippen molar-refractivity contribution in [3.05, 3.63) is 21.4 Å². The molecule has 3 heterocycles. The molecule has 204 valence electrons. The lowest BCUT2D eigenvalue weighted by Gasteiger charge is -2.45. The van der Waals surface area contributed by atoms with Crippen LogP contribution >= 0.6 is 27.5 Å². The third-order valence-electron chi connectivity index (χ3n) is 6.41. The van der Waals surface area contributed by atoms with E-state index in [9.17, 15) is 4.79 Å². The number of nitrogens with zero attached hydrogens (tertiary/aromatic N) is 5. The topological polar surface area (TPSA) is 80.3 Å². The summed E-state index contributed by atoms with van der Waals surface area (Å²) in [7, 11) is 2.02. The lowest BCUT2D eigenvalue weighted by molar-refractivity contribution is -0.0416. The minimum atomic E-state index is -0.592. The van der Waals surface area contributed by atoms with E-state index in [4.69, 9.17) is 30.8 Å². The molecule has 2 aromatic rings. The zero-order valence-electron chi connectivity index (χ0n) is 22.1. The zero-order chi connectivity index (χ0) is 27.1. The number of halogens is 3. The number of rotatable bonds is 4.